The summed E-state index contributed by atoms with van der Waals surface area (Å²) >= 11 is 0. The number of benzene rings is 1. The third-order valence-electron chi connectivity index (χ3n) is 3.30. The molecule has 1 N–H and O–H groups in total. The van der Waals surface area contributed by atoms with Crippen LogP contribution in [0, 0.1) is 0 Å². The SMILES string of the molecule is CCCn1c(Cc2cccc(O)c2)nc2cccnc21. The Kier molecular flexibility index (Phi) is 3.37. The van der Waals surface area contributed by atoms with Crippen LogP contribution >= 0.6 is 0 Å². The molecule has 3 rings (SSSR count). The topological polar surface area (TPSA) is 50.9 Å². The maximum absolute atomic E-state index is 9.56. The van der Waals surface area contributed by atoms with E-state index in [1.165, 1.54) is 0 Å². The molecular weight excluding hydrogens is 250 g/mol. The van der Waals surface area contributed by atoms with Crippen molar-refractivity contribution in [3.8, 4) is 5.75 Å². The molecule has 0 unspecified atom stereocenters. The molecule has 2 heterocycles. The maximum Gasteiger partial charge on any atom is 0.159 e. The summed E-state index contributed by atoms with van der Waals surface area (Å²) in [5.41, 5.74) is 2.92. The van der Waals surface area contributed by atoms with Gasteiger partial charge in [-0.3, -0.25) is 0 Å². The van der Waals surface area contributed by atoms with Gasteiger partial charge in [0.15, 0.2) is 5.65 Å². The van der Waals surface area contributed by atoms with Crippen LogP contribution in [-0.4, -0.2) is 19.6 Å². The number of rotatable bonds is 4. The number of fused-ring (bicyclic) bond motifs is 1. The Morgan fingerprint density at radius 3 is 2.90 bits per heavy atom. The van der Waals surface area contributed by atoms with Crippen LogP contribution in [0.3, 0.4) is 0 Å². The van der Waals surface area contributed by atoms with Gasteiger partial charge in [-0.05, 0) is 36.2 Å². The number of aromatic nitrogens is 3. The van der Waals surface area contributed by atoms with Crippen LogP contribution < -0.4 is 0 Å². The van der Waals surface area contributed by atoms with Crippen molar-refractivity contribution in [3.63, 3.8) is 0 Å². The summed E-state index contributed by atoms with van der Waals surface area (Å²) in [7, 11) is 0. The van der Waals surface area contributed by atoms with Gasteiger partial charge in [0.2, 0.25) is 0 Å². The molecule has 0 saturated carbocycles. The van der Waals surface area contributed by atoms with Crippen molar-refractivity contribution in [2.24, 2.45) is 0 Å². The van der Waals surface area contributed by atoms with Crippen LogP contribution in [0.15, 0.2) is 42.6 Å². The second-order valence-electron chi connectivity index (χ2n) is 4.87. The van der Waals surface area contributed by atoms with Gasteiger partial charge in [0.05, 0.1) is 0 Å². The average Bonchev–Trinajstić information content (AvgIpc) is 2.77. The largest absolute Gasteiger partial charge is 0.508 e. The molecule has 1 aromatic carbocycles. The number of pyridine rings is 1. The van der Waals surface area contributed by atoms with Gasteiger partial charge < -0.3 is 9.67 Å². The Bertz CT molecular complexity index is 733. The van der Waals surface area contributed by atoms with Crippen LogP contribution in [0.5, 0.6) is 5.75 Å². The normalized spacial score (nSPS) is 11.1. The lowest BCUT2D eigenvalue weighted by Gasteiger charge is -2.07. The molecule has 4 nitrogen and oxygen atoms in total. The van der Waals surface area contributed by atoms with Crippen molar-refractivity contribution in [2.45, 2.75) is 26.3 Å². The van der Waals surface area contributed by atoms with Crippen molar-refractivity contribution < 1.29 is 5.11 Å². The highest BCUT2D eigenvalue weighted by molar-refractivity contribution is 5.71. The number of imidazole rings is 1. The molecule has 0 aliphatic carbocycles. The first kappa shape index (κ1) is 12.7. The molecule has 0 bridgehead atoms. The Morgan fingerprint density at radius 1 is 1.20 bits per heavy atom. The molecular formula is C16H17N3O. The smallest absolute Gasteiger partial charge is 0.159 e. The van der Waals surface area contributed by atoms with Crippen LogP contribution in [0.1, 0.15) is 24.7 Å². The Labute approximate surface area is 117 Å². The van der Waals surface area contributed by atoms with E-state index in [9.17, 15) is 5.11 Å². The minimum Gasteiger partial charge on any atom is -0.508 e. The third kappa shape index (κ3) is 2.37. The van der Waals surface area contributed by atoms with Crippen molar-refractivity contribution in [3.05, 3.63) is 54.0 Å². The fourth-order valence-electron chi connectivity index (χ4n) is 2.45. The fraction of sp³-hybridized carbons (Fsp3) is 0.250. The van der Waals surface area contributed by atoms with Crippen molar-refractivity contribution >= 4 is 11.2 Å². The minimum absolute atomic E-state index is 0.291. The van der Waals surface area contributed by atoms with Crippen LogP contribution in [-0.2, 0) is 13.0 Å². The number of aromatic hydroxyl groups is 1. The lowest BCUT2D eigenvalue weighted by atomic mass is 10.1. The van der Waals surface area contributed by atoms with Crippen LogP contribution in [0.25, 0.3) is 11.2 Å². The summed E-state index contributed by atoms with van der Waals surface area (Å²) in [4.78, 5) is 9.11. The summed E-state index contributed by atoms with van der Waals surface area (Å²) in [6, 6.07) is 11.2. The number of phenolic OH excluding ortho intramolecular Hbond substituents is 1. The number of nitrogens with zero attached hydrogens (tertiary/aromatic N) is 3. The first-order chi connectivity index (χ1) is 9.78. The summed E-state index contributed by atoms with van der Waals surface area (Å²) in [5.74, 6) is 1.28. The first-order valence-electron chi connectivity index (χ1n) is 6.86. The molecule has 20 heavy (non-hydrogen) atoms. The zero-order valence-electron chi connectivity index (χ0n) is 11.5. The summed E-state index contributed by atoms with van der Waals surface area (Å²) in [5, 5.41) is 9.56. The van der Waals surface area contributed by atoms with Gasteiger partial charge in [0.1, 0.15) is 17.1 Å². The molecule has 0 spiro atoms. The molecule has 0 aliphatic heterocycles. The molecule has 0 aliphatic rings. The molecule has 0 fully saturated rings. The number of phenols is 1. The van der Waals surface area contributed by atoms with E-state index in [0.29, 0.717) is 12.2 Å². The third-order valence-corrected chi connectivity index (χ3v) is 3.30. The molecule has 4 heteroatoms. The Balaban J connectivity index is 2.04. The van der Waals surface area contributed by atoms with Crippen LogP contribution in [0.2, 0.25) is 0 Å². The molecule has 102 valence electrons. The van der Waals surface area contributed by atoms with Crippen molar-refractivity contribution in [1.82, 2.24) is 14.5 Å². The highest BCUT2D eigenvalue weighted by atomic mass is 16.3. The van der Waals surface area contributed by atoms with Gasteiger partial charge in [-0.15, -0.1) is 0 Å². The molecule has 0 atom stereocenters. The molecule has 3 aromatic rings. The first-order valence-corrected chi connectivity index (χ1v) is 6.86. The van der Waals surface area contributed by atoms with Crippen LogP contribution in [0.4, 0.5) is 0 Å². The quantitative estimate of drug-likeness (QED) is 0.790. The second-order valence-corrected chi connectivity index (χ2v) is 4.87. The highest BCUT2D eigenvalue weighted by Gasteiger charge is 2.11. The van der Waals surface area contributed by atoms with Gasteiger partial charge in [-0.2, -0.15) is 0 Å². The molecule has 0 saturated heterocycles. The van der Waals surface area contributed by atoms with E-state index in [1.807, 2.05) is 24.3 Å². The monoisotopic (exact) mass is 267 g/mol. The summed E-state index contributed by atoms with van der Waals surface area (Å²) in [6.45, 7) is 3.05. The average molecular weight is 267 g/mol. The van der Waals surface area contributed by atoms with Gasteiger partial charge in [0.25, 0.3) is 0 Å². The van der Waals surface area contributed by atoms with E-state index in [2.05, 4.69) is 21.5 Å². The predicted molar refractivity (Wildman–Crippen MR) is 78.7 cm³/mol. The van der Waals surface area contributed by atoms with E-state index in [1.54, 1.807) is 18.3 Å². The summed E-state index contributed by atoms with van der Waals surface area (Å²) in [6.07, 6.45) is 3.54. The van der Waals surface area contributed by atoms with E-state index in [-0.39, 0.29) is 0 Å². The molecule has 2 aromatic heterocycles. The van der Waals surface area contributed by atoms with Crippen molar-refractivity contribution in [1.29, 1.82) is 0 Å². The van der Waals surface area contributed by atoms with Gasteiger partial charge in [-0.25, -0.2) is 9.97 Å². The fourth-order valence-corrected chi connectivity index (χ4v) is 2.45. The molecule has 0 amide bonds. The lowest BCUT2D eigenvalue weighted by Crippen LogP contribution is -2.04. The number of hydrogen-bond acceptors (Lipinski definition) is 3. The molecule has 0 radical (unpaired) electrons. The standard InChI is InChI=1S/C16H17N3O/c1-2-9-19-15(11-12-5-3-6-13(20)10-12)18-14-7-4-8-17-16(14)19/h3-8,10,20H,2,9,11H2,1H3. The summed E-state index contributed by atoms with van der Waals surface area (Å²) < 4.78 is 2.17. The second kappa shape index (κ2) is 5.33. The number of aryl methyl sites for hydroxylation is 1. The van der Waals surface area contributed by atoms with Gasteiger partial charge in [0, 0.05) is 19.2 Å². The van der Waals surface area contributed by atoms with E-state index in [0.717, 1.165) is 35.5 Å². The van der Waals surface area contributed by atoms with E-state index >= 15 is 0 Å². The Morgan fingerprint density at radius 2 is 2.10 bits per heavy atom. The highest BCUT2D eigenvalue weighted by Crippen LogP contribution is 2.19. The van der Waals surface area contributed by atoms with Gasteiger partial charge >= 0.3 is 0 Å². The number of hydrogen-bond donors (Lipinski definition) is 1. The Hall–Kier alpha value is -2.36. The predicted octanol–water partition coefficient (Wildman–Crippen LogP) is 3.14. The maximum atomic E-state index is 9.56. The van der Waals surface area contributed by atoms with E-state index in [4.69, 9.17) is 0 Å². The van der Waals surface area contributed by atoms with Gasteiger partial charge in [-0.1, -0.05) is 19.1 Å². The lowest BCUT2D eigenvalue weighted by molar-refractivity contribution is 0.474. The zero-order valence-corrected chi connectivity index (χ0v) is 11.5. The van der Waals surface area contributed by atoms with E-state index < -0.39 is 0 Å². The zero-order chi connectivity index (χ0) is 13.9. The minimum atomic E-state index is 0.291. The van der Waals surface area contributed by atoms with Crippen molar-refractivity contribution in [2.75, 3.05) is 0 Å².